The van der Waals surface area contributed by atoms with Gasteiger partial charge in [-0.1, -0.05) is 58.4 Å². The number of carbonyl (C=O) groups is 20. The van der Waals surface area contributed by atoms with Crippen LogP contribution in [-0.2, 0) is 109 Å². The summed E-state index contributed by atoms with van der Waals surface area (Å²) < 4.78 is 0. The molecule has 15 amide bonds. The fourth-order valence-corrected chi connectivity index (χ4v) is 14.7. The minimum atomic E-state index is -1.99. The number of hydrogen-bond donors (Lipinski definition) is 26. The van der Waals surface area contributed by atoms with Crippen LogP contribution in [0.5, 0.6) is 11.5 Å². The van der Waals surface area contributed by atoms with E-state index < -0.39 is 291 Å². The van der Waals surface area contributed by atoms with E-state index in [0.717, 1.165) is 11.8 Å². The standard InChI is InChI=1S/C86H135N19O28S/c1-45(2)40-60(80(126)96-57(28-32-69(114)115)77(123)102-63(44-66(91)109)85(131)105-38-13-17-65(105)83(129)98-54(16-9-12-37-89)73(119)93-53(15-8-11-36-88)74(120)103-64(86(132)133)43-49-20-24-51(108)25-21-49)99-82(128)62(42-48-18-22-50(107)23-19-48)100-76(122)56(27-31-68(112)113)94-78(124)59(34-39-134-6)97-81(127)61(41-46(3)4)101-84(130)71(47(5)106)104-79(125)58(29-33-70(116)117)95-75(121)55(26-30-67(110)111)92-72(118)52(90)14-7-10-35-87/h18-25,45-47,52-65,71,106-108H,7-17,26-44,87-90H2,1-6H3,(H2,91,109)(H,92,118)(H,93,119)(H,94,124)(H,95,121)(H,96,126)(H,97,127)(H,98,129)(H,99,128)(H,100,122)(H,101,130)(H,102,123)(H,103,120)(H,104,125)(H,110,111)(H,112,113)(H,114,115)(H,116,117)(H,132,133)/t47-,52+,53+,54+,55+,56+,57+,58+,59+,60+,61+,62+,63+,64+,65+,71+/m1/s1. The summed E-state index contributed by atoms with van der Waals surface area (Å²) in [6.45, 7) is 8.03. The molecule has 1 fully saturated rings. The first kappa shape index (κ1) is 116. The maximum absolute atomic E-state index is 15.0. The minimum Gasteiger partial charge on any atom is -0.508 e. The molecule has 3 rings (SSSR count). The molecule has 2 aromatic rings. The highest BCUT2D eigenvalue weighted by atomic mass is 32.2. The number of aliphatic hydroxyl groups excluding tert-OH is 1. The molecule has 0 aliphatic carbocycles. The van der Waals surface area contributed by atoms with E-state index in [1.165, 1.54) is 60.3 Å². The molecule has 16 atom stereocenters. The molecular formula is C86H135N19O28S. The fourth-order valence-electron chi connectivity index (χ4n) is 14.2. The zero-order chi connectivity index (χ0) is 101. The van der Waals surface area contributed by atoms with Gasteiger partial charge < -0.3 is 144 Å². The molecule has 0 saturated carbocycles. The summed E-state index contributed by atoms with van der Waals surface area (Å²) in [5, 5.41) is 112. The van der Waals surface area contributed by atoms with Gasteiger partial charge in [0.05, 0.1) is 18.6 Å². The van der Waals surface area contributed by atoms with Gasteiger partial charge in [0.15, 0.2) is 0 Å². The molecule has 0 spiro atoms. The van der Waals surface area contributed by atoms with Crippen LogP contribution in [0.2, 0.25) is 0 Å². The van der Waals surface area contributed by atoms with Crippen LogP contribution in [0.4, 0.5) is 0 Å². The molecule has 31 N–H and O–H groups in total. The maximum atomic E-state index is 15.0. The van der Waals surface area contributed by atoms with Gasteiger partial charge in [-0.25, -0.2) is 4.79 Å². The molecule has 134 heavy (non-hydrogen) atoms. The van der Waals surface area contributed by atoms with E-state index in [2.05, 4.69) is 69.1 Å². The van der Waals surface area contributed by atoms with E-state index in [-0.39, 0.29) is 120 Å². The Kier molecular flexibility index (Phi) is 52.4. The number of benzene rings is 2. The summed E-state index contributed by atoms with van der Waals surface area (Å²) in [5.41, 5.74) is 29.4. The second-order valence-electron chi connectivity index (χ2n) is 33.6. The number of primary amides is 1. The summed E-state index contributed by atoms with van der Waals surface area (Å²) in [6.07, 6.45) is -5.92. The smallest absolute Gasteiger partial charge is 0.326 e. The maximum Gasteiger partial charge on any atom is 0.326 e. The summed E-state index contributed by atoms with van der Waals surface area (Å²) in [5.74, 6) is -24.8. The van der Waals surface area contributed by atoms with Crippen molar-refractivity contribution in [3.63, 3.8) is 0 Å². The molecule has 0 bridgehead atoms. The van der Waals surface area contributed by atoms with Crippen LogP contribution in [0.25, 0.3) is 0 Å². The van der Waals surface area contributed by atoms with Crippen molar-refractivity contribution in [1.29, 1.82) is 0 Å². The largest absolute Gasteiger partial charge is 0.508 e. The Bertz CT molecular complexity index is 4280. The van der Waals surface area contributed by atoms with Gasteiger partial charge in [0, 0.05) is 45.1 Å². The van der Waals surface area contributed by atoms with Gasteiger partial charge in [-0.05, 0) is 195 Å². The lowest BCUT2D eigenvalue weighted by molar-refractivity contribution is -0.144. The number of nitrogens with two attached hydrogens (primary N) is 5. The van der Waals surface area contributed by atoms with Crippen molar-refractivity contribution in [1.82, 2.24) is 74.0 Å². The lowest BCUT2D eigenvalue weighted by atomic mass is 9.99. The second kappa shape index (κ2) is 60.7. The molecule has 0 aromatic heterocycles. The van der Waals surface area contributed by atoms with Crippen LogP contribution in [-0.4, -0.2) is 299 Å². The molecule has 0 radical (unpaired) electrons. The Labute approximate surface area is 779 Å². The molecule has 2 aromatic carbocycles. The third kappa shape index (κ3) is 43.5. The Morgan fingerprint density at radius 3 is 1.07 bits per heavy atom. The SMILES string of the molecule is CSCC[C@H](NC(=O)[C@H](CC(C)C)NC(=O)[C@@H](NC(=O)[C@H](CCC(=O)O)NC(=O)[C@H](CCC(=O)O)NC(=O)[C@@H](N)CCCCN)[C@@H](C)O)C(=O)N[C@@H](CCC(=O)O)C(=O)N[C@@H](Cc1ccc(O)cc1)C(=O)N[C@@H](CC(C)C)C(=O)N[C@@H](CCC(=O)O)C(=O)N[C@@H](CC(N)=O)C(=O)N1CCC[C@H]1C(=O)N[C@@H](CCCCN)C(=O)N[C@@H](CCCCN)C(=O)N[C@@H](Cc1ccc(O)cc1)C(=O)O. The number of carboxylic acids is 5. The van der Waals surface area contributed by atoms with Crippen LogP contribution in [0, 0.1) is 11.8 Å². The number of aromatic hydroxyl groups is 2. The summed E-state index contributed by atoms with van der Waals surface area (Å²) in [4.78, 5) is 276. The topological polar surface area (TPSA) is 793 Å². The Morgan fingerprint density at radius 1 is 0.388 bits per heavy atom. The number of hydrogen-bond acceptors (Lipinski definition) is 28. The molecule has 1 aliphatic heterocycles. The molecular weight excluding hydrogens is 1780 g/mol. The first-order valence-electron chi connectivity index (χ1n) is 44.5. The Hall–Kier alpha value is -12.4. The number of nitrogens with zero attached hydrogens (tertiary/aromatic N) is 1. The molecule has 1 heterocycles. The predicted molar refractivity (Wildman–Crippen MR) is 483 cm³/mol. The fraction of sp³-hybridized carbons (Fsp3) is 0.628. The highest BCUT2D eigenvalue weighted by Gasteiger charge is 2.43. The molecule has 748 valence electrons. The number of aliphatic hydroxyl groups is 1. The number of carbonyl (C=O) groups excluding carboxylic acids is 15. The van der Waals surface area contributed by atoms with E-state index in [0.29, 0.717) is 31.2 Å². The number of aliphatic carboxylic acids is 5. The van der Waals surface area contributed by atoms with Crippen molar-refractivity contribution < 1.29 is 137 Å². The van der Waals surface area contributed by atoms with Crippen molar-refractivity contribution in [3.8, 4) is 11.5 Å². The lowest BCUT2D eigenvalue weighted by Gasteiger charge is -2.31. The number of likely N-dealkylation sites (tertiary alicyclic amines) is 1. The summed E-state index contributed by atoms with van der Waals surface area (Å²) in [6, 6.07) is -14.1. The number of rotatable bonds is 66. The first-order chi connectivity index (χ1) is 63.2. The van der Waals surface area contributed by atoms with Gasteiger partial charge in [0.1, 0.15) is 96.1 Å². The summed E-state index contributed by atoms with van der Waals surface area (Å²) >= 11 is 1.19. The summed E-state index contributed by atoms with van der Waals surface area (Å²) in [7, 11) is 0. The second-order valence-corrected chi connectivity index (χ2v) is 34.6. The number of amides is 15. The number of phenols is 2. The Morgan fingerprint density at radius 2 is 0.701 bits per heavy atom. The highest BCUT2D eigenvalue weighted by molar-refractivity contribution is 7.98. The van der Waals surface area contributed by atoms with E-state index in [9.17, 15) is 137 Å². The molecule has 47 nitrogen and oxygen atoms in total. The third-order valence-corrected chi connectivity index (χ3v) is 22.1. The minimum absolute atomic E-state index is 0.0293. The number of unbranched alkanes of at least 4 members (excludes halogenated alkanes) is 3. The van der Waals surface area contributed by atoms with Gasteiger partial charge >= 0.3 is 29.8 Å². The predicted octanol–water partition coefficient (Wildman–Crippen LogP) is -4.46. The van der Waals surface area contributed by atoms with Crippen molar-refractivity contribution in [2.75, 3.05) is 38.2 Å². The quantitative estimate of drug-likeness (QED) is 0.0278. The third-order valence-electron chi connectivity index (χ3n) is 21.4. The Balaban J connectivity index is 2.00. The van der Waals surface area contributed by atoms with Gasteiger partial charge in [-0.2, -0.15) is 11.8 Å². The molecule has 1 saturated heterocycles. The average Bonchev–Trinajstić information content (AvgIpc) is 1.63. The zero-order valence-electron chi connectivity index (χ0n) is 76.2. The van der Waals surface area contributed by atoms with Gasteiger partial charge in [0.2, 0.25) is 88.6 Å². The normalized spacial score (nSPS) is 15.7. The molecule has 0 unspecified atom stereocenters. The molecule has 48 heteroatoms. The highest BCUT2D eigenvalue weighted by Crippen LogP contribution is 2.23. The van der Waals surface area contributed by atoms with E-state index in [1.807, 2.05) is 0 Å². The van der Waals surface area contributed by atoms with Crippen LogP contribution in [0.15, 0.2) is 48.5 Å². The van der Waals surface area contributed by atoms with Crippen LogP contribution >= 0.6 is 11.8 Å². The van der Waals surface area contributed by atoms with Gasteiger partial charge in [-0.15, -0.1) is 0 Å². The molecule has 1 aliphatic rings. The number of nitrogens with one attached hydrogen (secondary N) is 13. The van der Waals surface area contributed by atoms with Crippen molar-refractivity contribution in [2.24, 2.45) is 40.5 Å². The average molecular weight is 1920 g/mol. The van der Waals surface area contributed by atoms with Crippen LogP contribution in [0.3, 0.4) is 0 Å². The first-order valence-corrected chi connectivity index (χ1v) is 45.8. The van der Waals surface area contributed by atoms with Crippen molar-refractivity contribution >= 4 is 130 Å². The van der Waals surface area contributed by atoms with Crippen molar-refractivity contribution in [2.45, 2.75) is 292 Å². The van der Waals surface area contributed by atoms with Crippen LogP contribution < -0.4 is 97.8 Å². The number of carboxylic acid groups (broad SMARTS) is 5. The van der Waals surface area contributed by atoms with E-state index >= 15 is 0 Å². The zero-order valence-corrected chi connectivity index (χ0v) is 77.0. The van der Waals surface area contributed by atoms with Crippen LogP contribution in [0.1, 0.15) is 193 Å². The van der Waals surface area contributed by atoms with Gasteiger partial charge in [-0.3, -0.25) is 91.1 Å². The van der Waals surface area contributed by atoms with Crippen molar-refractivity contribution in [3.05, 3.63) is 59.7 Å². The van der Waals surface area contributed by atoms with E-state index in [1.54, 1.807) is 34.0 Å². The number of thioether (sulfide) groups is 1. The monoisotopic (exact) mass is 1910 g/mol. The lowest BCUT2D eigenvalue weighted by Crippen LogP contribution is -2.62. The van der Waals surface area contributed by atoms with Gasteiger partial charge in [0.25, 0.3) is 0 Å². The van der Waals surface area contributed by atoms with E-state index in [4.69, 9.17) is 28.7 Å². The number of phenolic OH excluding ortho intramolecular Hbond substituents is 2.